The summed E-state index contributed by atoms with van der Waals surface area (Å²) in [6.07, 6.45) is 0.653. The van der Waals surface area contributed by atoms with E-state index in [0.29, 0.717) is 25.1 Å². The smallest absolute Gasteiger partial charge is 0.251 e. The van der Waals surface area contributed by atoms with Crippen molar-refractivity contribution in [3.63, 3.8) is 0 Å². The predicted octanol–water partition coefficient (Wildman–Crippen LogP) is 2.72. The van der Waals surface area contributed by atoms with Gasteiger partial charge in [0, 0.05) is 27.1 Å². The Labute approximate surface area is 107 Å². The quantitative estimate of drug-likeness (QED) is 0.291. The van der Waals surface area contributed by atoms with Crippen LogP contribution in [0.1, 0.15) is 16.8 Å². The molecule has 0 radical (unpaired) electrons. The van der Waals surface area contributed by atoms with Crippen LogP contribution in [-0.2, 0) is 0 Å². The average Bonchev–Trinajstić information content (AvgIpc) is 2.29. The van der Waals surface area contributed by atoms with Crippen LogP contribution >= 0.6 is 22.6 Å². The number of benzene rings is 1. The van der Waals surface area contributed by atoms with Crippen LogP contribution in [-0.4, -0.2) is 19.0 Å². The third-order valence-corrected chi connectivity index (χ3v) is 2.61. The van der Waals surface area contributed by atoms with Crippen molar-refractivity contribution in [1.82, 2.24) is 5.32 Å². The zero-order chi connectivity index (χ0) is 11.8. The zero-order valence-electron chi connectivity index (χ0n) is 8.56. The number of rotatable bonds is 5. The molecule has 0 fully saturated rings. The fraction of sp³-hybridized carbons (Fsp3) is 0.300. The highest BCUT2D eigenvalue weighted by Crippen LogP contribution is 2.06. The van der Waals surface area contributed by atoms with E-state index in [1.165, 1.54) is 0 Å². The lowest BCUT2D eigenvalue weighted by Gasteiger charge is -2.03. The van der Waals surface area contributed by atoms with Crippen molar-refractivity contribution in [3.05, 3.63) is 43.8 Å². The maximum atomic E-state index is 11.6. The molecule has 1 N–H and O–H groups in total. The summed E-state index contributed by atoms with van der Waals surface area (Å²) in [4.78, 5) is 14.2. The maximum Gasteiger partial charge on any atom is 0.251 e. The third-order valence-electron chi connectivity index (χ3n) is 1.89. The highest BCUT2D eigenvalue weighted by Gasteiger charge is 2.03. The fourth-order valence-electron chi connectivity index (χ4n) is 1.10. The largest absolute Gasteiger partial charge is 0.352 e. The minimum Gasteiger partial charge on any atom is -0.352 e. The Hall–Kier alpha value is -1.27. The summed E-state index contributed by atoms with van der Waals surface area (Å²) in [5.74, 6) is -0.0997. The van der Waals surface area contributed by atoms with Crippen molar-refractivity contribution in [2.24, 2.45) is 5.11 Å². The minimum absolute atomic E-state index is 0.0997. The summed E-state index contributed by atoms with van der Waals surface area (Å²) in [7, 11) is 0. The number of amides is 1. The molecule has 0 aliphatic heterocycles. The fourth-order valence-corrected chi connectivity index (χ4v) is 1.46. The third kappa shape index (κ3) is 4.50. The van der Waals surface area contributed by atoms with E-state index in [-0.39, 0.29) is 5.91 Å². The van der Waals surface area contributed by atoms with Crippen LogP contribution in [0.3, 0.4) is 0 Å². The van der Waals surface area contributed by atoms with Crippen molar-refractivity contribution in [3.8, 4) is 0 Å². The molecule has 0 heterocycles. The Balaban J connectivity index is 2.35. The normalized spacial score (nSPS) is 9.31. The molecule has 0 bridgehead atoms. The van der Waals surface area contributed by atoms with Crippen molar-refractivity contribution < 1.29 is 4.79 Å². The van der Waals surface area contributed by atoms with Crippen LogP contribution in [0.25, 0.3) is 10.4 Å². The van der Waals surface area contributed by atoms with E-state index in [2.05, 4.69) is 37.9 Å². The van der Waals surface area contributed by atoms with Crippen LogP contribution in [0.4, 0.5) is 0 Å². The highest BCUT2D eigenvalue weighted by molar-refractivity contribution is 14.1. The topological polar surface area (TPSA) is 77.9 Å². The molecule has 5 nitrogen and oxygen atoms in total. The molecule has 16 heavy (non-hydrogen) atoms. The van der Waals surface area contributed by atoms with Gasteiger partial charge in [0.15, 0.2) is 0 Å². The molecular weight excluding hydrogens is 319 g/mol. The van der Waals surface area contributed by atoms with E-state index in [0.717, 1.165) is 3.57 Å². The second-order valence-electron chi connectivity index (χ2n) is 3.07. The lowest BCUT2D eigenvalue weighted by Crippen LogP contribution is -2.24. The van der Waals surface area contributed by atoms with Gasteiger partial charge in [-0.05, 0) is 58.8 Å². The molecule has 1 amide bonds. The van der Waals surface area contributed by atoms with Gasteiger partial charge >= 0.3 is 0 Å². The summed E-state index contributed by atoms with van der Waals surface area (Å²) >= 11 is 2.19. The van der Waals surface area contributed by atoms with Gasteiger partial charge in [-0.2, -0.15) is 0 Å². The van der Waals surface area contributed by atoms with Gasteiger partial charge in [0.2, 0.25) is 0 Å². The molecule has 0 aliphatic rings. The SMILES string of the molecule is [N-]=[N+]=NCCCNC(=O)c1ccc(I)cc1. The first-order valence-corrected chi connectivity index (χ1v) is 5.86. The van der Waals surface area contributed by atoms with E-state index in [4.69, 9.17) is 5.53 Å². The zero-order valence-corrected chi connectivity index (χ0v) is 10.7. The Kier molecular flexibility index (Phi) is 5.66. The first-order chi connectivity index (χ1) is 7.74. The lowest BCUT2D eigenvalue weighted by molar-refractivity contribution is 0.0953. The molecule has 0 saturated carbocycles. The van der Waals surface area contributed by atoms with Gasteiger partial charge in [-0.3, -0.25) is 4.79 Å². The Morgan fingerprint density at radius 1 is 1.44 bits per heavy atom. The summed E-state index contributed by atoms with van der Waals surface area (Å²) < 4.78 is 1.09. The van der Waals surface area contributed by atoms with Crippen molar-refractivity contribution in [1.29, 1.82) is 0 Å². The van der Waals surface area contributed by atoms with Gasteiger partial charge in [-0.15, -0.1) is 0 Å². The molecule has 1 rings (SSSR count). The summed E-state index contributed by atoms with van der Waals surface area (Å²) in [5.41, 5.74) is 8.69. The Bertz CT molecular complexity index is 398. The van der Waals surface area contributed by atoms with Crippen LogP contribution in [0.15, 0.2) is 29.4 Å². The molecule has 6 heteroatoms. The predicted molar refractivity (Wildman–Crippen MR) is 70.1 cm³/mol. The lowest BCUT2D eigenvalue weighted by atomic mass is 10.2. The number of nitrogens with zero attached hydrogens (tertiary/aromatic N) is 3. The van der Waals surface area contributed by atoms with Crippen LogP contribution < -0.4 is 5.32 Å². The Morgan fingerprint density at radius 3 is 2.75 bits per heavy atom. The second kappa shape index (κ2) is 7.08. The molecule has 0 aromatic heterocycles. The molecular formula is C10H11IN4O. The number of hydrogen-bond donors (Lipinski definition) is 1. The second-order valence-corrected chi connectivity index (χ2v) is 4.32. The molecule has 0 atom stereocenters. The van der Waals surface area contributed by atoms with Gasteiger partial charge in [-0.1, -0.05) is 5.11 Å². The van der Waals surface area contributed by atoms with Gasteiger partial charge in [0.05, 0.1) is 0 Å². The number of nitrogens with one attached hydrogen (secondary N) is 1. The van der Waals surface area contributed by atoms with E-state index in [1.54, 1.807) is 12.1 Å². The van der Waals surface area contributed by atoms with Gasteiger partial charge in [0.1, 0.15) is 0 Å². The first kappa shape index (κ1) is 12.8. The van der Waals surface area contributed by atoms with Crippen LogP contribution in [0.2, 0.25) is 0 Å². The minimum atomic E-state index is -0.0997. The molecule has 0 saturated heterocycles. The number of carbonyl (C=O) groups is 1. The summed E-state index contributed by atoms with van der Waals surface area (Å²) in [6.45, 7) is 0.924. The summed E-state index contributed by atoms with van der Waals surface area (Å²) in [6, 6.07) is 7.33. The molecule has 84 valence electrons. The Morgan fingerprint density at radius 2 is 2.12 bits per heavy atom. The van der Waals surface area contributed by atoms with Gasteiger partial charge in [0.25, 0.3) is 5.91 Å². The molecule has 1 aromatic rings. The number of halogens is 1. The molecule has 0 spiro atoms. The van der Waals surface area contributed by atoms with Crippen molar-refractivity contribution in [2.45, 2.75) is 6.42 Å². The van der Waals surface area contributed by atoms with Crippen LogP contribution in [0.5, 0.6) is 0 Å². The number of carbonyl (C=O) groups excluding carboxylic acids is 1. The van der Waals surface area contributed by atoms with E-state index in [9.17, 15) is 4.79 Å². The monoisotopic (exact) mass is 330 g/mol. The van der Waals surface area contributed by atoms with E-state index < -0.39 is 0 Å². The van der Waals surface area contributed by atoms with Crippen molar-refractivity contribution >= 4 is 28.5 Å². The maximum absolute atomic E-state index is 11.6. The average molecular weight is 330 g/mol. The van der Waals surface area contributed by atoms with E-state index in [1.807, 2.05) is 12.1 Å². The highest BCUT2D eigenvalue weighted by atomic mass is 127. The van der Waals surface area contributed by atoms with Crippen LogP contribution in [0, 0.1) is 3.57 Å². The number of hydrogen-bond acceptors (Lipinski definition) is 2. The molecule has 1 aromatic carbocycles. The first-order valence-electron chi connectivity index (χ1n) is 4.78. The van der Waals surface area contributed by atoms with Crippen molar-refractivity contribution in [2.75, 3.05) is 13.1 Å². The standard InChI is InChI=1S/C10H11IN4O/c11-9-4-2-8(3-5-9)10(16)13-6-1-7-14-15-12/h2-5H,1,6-7H2,(H,13,16). The summed E-state index contributed by atoms with van der Waals surface area (Å²) in [5, 5.41) is 6.13. The number of azide groups is 1. The molecule has 0 unspecified atom stereocenters. The van der Waals surface area contributed by atoms with E-state index >= 15 is 0 Å². The van der Waals surface area contributed by atoms with Gasteiger partial charge in [-0.25, -0.2) is 0 Å². The molecule has 0 aliphatic carbocycles. The van der Waals surface area contributed by atoms with Gasteiger partial charge < -0.3 is 5.32 Å².